The van der Waals surface area contributed by atoms with Gasteiger partial charge in [0.2, 0.25) is 0 Å². The first-order valence-electron chi connectivity index (χ1n) is 5.49. The molecule has 1 unspecified atom stereocenters. The van der Waals surface area contributed by atoms with E-state index >= 15 is 0 Å². The van der Waals surface area contributed by atoms with E-state index in [0.29, 0.717) is 6.04 Å². The number of methoxy groups -OCH3 is 1. The number of ether oxygens (including phenoxy) is 1. The molecule has 0 amide bonds. The van der Waals surface area contributed by atoms with E-state index in [1.54, 1.807) is 25.7 Å². The van der Waals surface area contributed by atoms with Crippen LogP contribution >= 0.6 is 0 Å². The molecule has 0 radical (unpaired) electrons. The highest BCUT2D eigenvalue weighted by Gasteiger charge is 2.10. The van der Waals surface area contributed by atoms with Gasteiger partial charge in [0.05, 0.1) is 6.20 Å². The Kier molecular flexibility index (Phi) is 5.92. The molecule has 0 bridgehead atoms. The van der Waals surface area contributed by atoms with Crippen molar-refractivity contribution in [3.05, 3.63) is 24.3 Å². The zero-order valence-corrected chi connectivity index (χ0v) is 10.1. The smallest absolute Gasteiger partial charge is 0.152 e. The summed E-state index contributed by atoms with van der Waals surface area (Å²) < 4.78 is 5.30. The lowest BCUT2D eigenvalue weighted by atomic mass is 10.3. The van der Waals surface area contributed by atoms with Crippen LogP contribution in [-0.2, 0) is 4.74 Å². The van der Waals surface area contributed by atoms with Crippen molar-refractivity contribution in [2.75, 3.05) is 20.2 Å². The minimum atomic E-state index is -0.192. The van der Waals surface area contributed by atoms with Crippen LogP contribution in [0.2, 0.25) is 0 Å². The van der Waals surface area contributed by atoms with Crippen LogP contribution in [-0.4, -0.2) is 36.2 Å². The van der Waals surface area contributed by atoms with Crippen molar-refractivity contribution in [2.45, 2.75) is 26.1 Å². The van der Waals surface area contributed by atoms with Crippen molar-refractivity contribution in [2.24, 2.45) is 0 Å². The Morgan fingerprint density at radius 3 is 2.56 bits per heavy atom. The van der Waals surface area contributed by atoms with E-state index in [9.17, 15) is 0 Å². The van der Waals surface area contributed by atoms with Gasteiger partial charge in [-0.3, -0.25) is 15.3 Å². The van der Waals surface area contributed by atoms with E-state index in [2.05, 4.69) is 34.4 Å². The summed E-state index contributed by atoms with van der Waals surface area (Å²) in [6.45, 7) is 5.97. The van der Waals surface area contributed by atoms with Gasteiger partial charge in [-0.25, -0.2) is 0 Å². The molecule has 0 fully saturated rings. The molecule has 1 aromatic rings. The molecule has 2 N–H and O–H groups in total. The molecule has 0 saturated heterocycles. The second-order valence-electron chi connectivity index (χ2n) is 3.81. The summed E-state index contributed by atoms with van der Waals surface area (Å²) in [5.41, 5.74) is 0.801. The first kappa shape index (κ1) is 13.0. The second kappa shape index (κ2) is 7.27. The Morgan fingerprint density at radius 1 is 1.25 bits per heavy atom. The van der Waals surface area contributed by atoms with Gasteiger partial charge in [-0.2, -0.15) is 0 Å². The fraction of sp³-hybridized carbons (Fsp3) is 0.636. The standard InChI is InChI=1S/C11H20N4O/c1-9(2)13-6-7-15-11(16-3)10-8-12-4-5-14-10/h4-5,8-9,11,13,15H,6-7H2,1-3H3. The topological polar surface area (TPSA) is 59.1 Å². The first-order chi connectivity index (χ1) is 7.74. The van der Waals surface area contributed by atoms with Gasteiger partial charge in [0.1, 0.15) is 5.69 Å². The Morgan fingerprint density at radius 2 is 2.00 bits per heavy atom. The Balaban J connectivity index is 2.33. The lowest BCUT2D eigenvalue weighted by Crippen LogP contribution is -2.34. The largest absolute Gasteiger partial charge is 0.361 e. The summed E-state index contributed by atoms with van der Waals surface area (Å²) >= 11 is 0. The summed E-state index contributed by atoms with van der Waals surface area (Å²) in [5, 5.41) is 6.58. The van der Waals surface area contributed by atoms with Gasteiger partial charge in [0.25, 0.3) is 0 Å². The Bertz CT molecular complexity index is 279. The van der Waals surface area contributed by atoms with Crippen molar-refractivity contribution in [3.63, 3.8) is 0 Å². The quantitative estimate of drug-likeness (QED) is 0.527. The average Bonchev–Trinajstić information content (AvgIpc) is 2.30. The lowest BCUT2D eigenvalue weighted by Gasteiger charge is -2.16. The number of aromatic nitrogens is 2. The average molecular weight is 224 g/mol. The van der Waals surface area contributed by atoms with Crippen LogP contribution in [0.25, 0.3) is 0 Å². The van der Waals surface area contributed by atoms with E-state index in [1.165, 1.54) is 0 Å². The van der Waals surface area contributed by atoms with Crippen LogP contribution in [0.15, 0.2) is 18.6 Å². The molecule has 0 saturated carbocycles. The zero-order chi connectivity index (χ0) is 11.8. The molecular formula is C11H20N4O. The van der Waals surface area contributed by atoms with E-state index in [-0.39, 0.29) is 6.23 Å². The number of nitrogens with zero attached hydrogens (tertiary/aromatic N) is 2. The predicted octanol–water partition coefficient (Wildman–Crippen LogP) is 0.709. The van der Waals surface area contributed by atoms with E-state index in [0.717, 1.165) is 18.8 Å². The summed E-state index contributed by atoms with van der Waals surface area (Å²) in [4.78, 5) is 8.21. The molecule has 1 heterocycles. The number of nitrogens with one attached hydrogen (secondary N) is 2. The van der Waals surface area contributed by atoms with Crippen LogP contribution in [0, 0.1) is 0 Å². The van der Waals surface area contributed by atoms with Crippen LogP contribution in [0.4, 0.5) is 0 Å². The van der Waals surface area contributed by atoms with Crippen LogP contribution in [0.5, 0.6) is 0 Å². The molecule has 0 aliphatic rings. The third-order valence-electron chi connectivity index (χ3n) is 2.09. The molecule has 5 heteroatoms. The van der Waals surface area contributed by atoms with Gasteiger partial charge in [0.15, 0.2) is 6.23 Å². The molecule has 0 aromatic carbocycles. The predicted molar refractivity (Wildman–Crippen MR) is 62.9 cm³/mol. The fourth-order valence-corrected chi connectivity index (χ4v) is 1.32. The van der Waals surface area contributed by atoms with Gasteiger partial charge in [-0.05, 0) is 0 Å². The number of hydrogen-bond donors (Lipinski definition) is 2. The third-order valence-corrected chi connectivity index (χ3v) is 2.09. The van der Waals surface area contributed by atoms with Crippen LogP contribution < -0.4 is 10.6 Å². The van der Waals surface area contributed by atoms with E-state index in [1.807, 2.05) is 0 Å². The monoisotopic (exact) mass is 224 g/mol. The summed E-state index contributed by atoms with van der Waals surface area (Å²) in [6, 6.07) is 0.499. The molecule has 1 atom stereocenters. The van der Waals surface area contributed by atoms with Crippen molar-refractivity contribution in [1.82, 2.24) is 20.6 Å². The highest BCUT2D eigenvalue weighted by molar-refractivity contribution is 4.98. The molecule has 0 aliphatic carbocycles. The molecule has 0 aliphatic heterocycles. The molecule has 0 spiro atoms. The Labute approximate surface area is 96.6 Å². The molecule has 1 aromatic heterocycles. The molecule has 5 nitrogen and oxygen atoms in total. The first-order valence-corrected chi connectivity index (χ1v) is 5.49. The van der Waals surface area contributed by atoms with Crippen molar-refractivity contribution < 1.29 is 4.74 Å². The molecular weight excluding hydrogens is 204 g/mol. The molecule has 1 rings (SSSR count). The summed E-state index contributed by atoms with van der Waals surface area (Å²) in [5.74, 6) is 0. The fourth-order valence-electron chi connectivity index (χ4n) is 1.32. The van der Waals surface area contributed by atoms with Gasteiger partial charge in [-0.1, -0.05) is 13.8 Å². The van der Waals surface area contributed by atoms with Crippen LogP contribution in [0.1, 0.15) is 25.8 Å². The maximum absolute atomic E-state index is 5.30. The normalized spacial score (nSPS) is 13.0. The van der Waals surface area contributed by atoms with Crippen molar-refractivity contribution in [1.29, 1.82) is 0 Å². The van der Waals surface area contributed by atoms with Crippen molar-refractivity contribution in [3.8, 4) is 0 Å². The second-order valence-corrected chi connectivity index (χ2v) is 3.81. The maximum Gasteiger partial charge on any atom is 0.152 e. The van der Waals surface area contributed by atoms with Gasteiger partial charge in [0, 0.05) is 38.6 Å². The third kappa shape index (κ3) is 4.65. The van der Waals surface area contributed by atoms with Gasteiger partial charge < -0.3 is 10.1 Å². The van der Waals surface area contributed by atoms with Crippen LogP contribution in [0.3, 0.4) is 0 Å². The number of hydrogen-bond acceptors (Lipinski definition) is 5. The molecule has 16 heavy (non-hydrogen) atoms. The lowest BCUT2D eigenvalue weighted by molar-refractivity contribution is 0.0703. The van der Waals surface area contributed by atoms with E-state index < -0.39 is 0 Å². The van der Waals surface area contributed by atoms with Gasteiger partial charge in [-0.15, -0.1) is 0 Å². The summed E-state index contributed by atoms with van der Waals surface area (Å²) in [7, 11) is 1.65. The summed E-state index contributed by atoms with van der Waals surface area (Å²) in [6.07, 6.45) is 4.82. The SMILES string of the molecule is COC(NCCNC(C)C)c1cnccn1. The Hall–Kier alpha value is -1.04. The van der Waals surface area contributed by atoms with Gasteiger partial charge >= 0.3 is 0 Å². The molecule has 90 valence electrons. The minimum Gasteiger partial charge on any atom is -0.361 e. The maximum atomic E-state index is 5.30. The van der Waals surface area contributed by atoms with Crippen molar-refractivity contribution >= 4 is 0 Å². The highest BCUT2D eigenvalue weighted by atomic mass is 16.5. The van der Waals surface area contributed by atoms with E-state index in [4.69, 9.17) is 4.74 Å². The number of rotatable bonds is 7. The highest BCUT2D eigenvalue weighted by Crippen LogP contribution is 2.07. The zero-order valence-electron chi connectivity index (χ0n) is 10.1. The minimum absolute atomic E-state index is 0.192.